The first-order valence-corrected chi connectivity index (χ1v) is 10.1. The highest BCUT2D eigenvalue weighted by Gasteiger charge is 2.21. The number of rotatable bonds is 7. The van der Waals surface area contributed by atoms with Gasteiger partial charge >= 0.3 is 12.0 Å². The summed E-state index contributed by atoms with van der Waals surface area (Å²) in [6.45, 7) is 7.71. The second-order valence-electron chi connectivity index (χ2n) is 5.90. The number of aliphatic imine (C=N–C) groups is 3. The van der Waals surface area contributed by atoms with Crippen molar-refractivity contribution >= 4 is 41.1 Å². The molecular formula is C18H32ClN5O6. The van der Waals surface area contributed by atoms with E-state index in [2.05, 4.69) is 20.3 Å². The van der Waals surface area contributed by atoms with Crippen molar-refractivity contribution in [3.63, 3.8) is 0 Å². The zero-order valence-corrected chi connectivity index (χ0v) is 18.6. The molecule has 1 fully saturated rings. The molecule has 11 nitrogen and oxygen atoms in total. The molecule has 0 aromatic rings. The van der Waals surface area contributed by atoms with Crippen molar-refractivity contribution in [3.05, 3.63) is 0 Å². The van der Waals surface area contributed by atoms with Gasteiger partial charge in [-0.25, -0.2) is 9.98 Å². The monoisotopic (exact) mass is 449 g/mol. The van der Waals surface area contributed by atoms with E-state index in [0.29, 0.717) is 26.3 Å². The second kappa shape index (κ2) is 16.7. The molecule has 0 bridgehead atoms. The van der Waals surface area contributed by atoms with E-state index in [1.54, 1.807) is 0 Å². The molecule has 12 heteroatoms. The number of amidine groups is 2. The quantitative estimate of drug-likeness (QED) is 0.214. The molecule has 1 aliphatic heterocycles. The molecule has 1 saturated heterocycles. The zero-order chi connectivity index (χ0) is 22.9. The molecule has 1 aliphatic rings. The van der Waals surface area contributed by atoms with Crippen molar-refractivity contribution in [2.75, 3.05) is 46.5 Å². The summed E-state index contributed by atoms with van der Waals surface area (Å²) in [5, 5.41) is 20.7. The number of hydrogen-bond donors (Lipinski definition) is 3. The summed E-state index contributed by atoms with van der Waals surface area (Å²) >= 11 is 5.90. The van der Waals surface area contributed by atoms with Crippen LogP contribution in [0.15, 0.2) is 15.0 Å². The first-order chi connectivity index (χ1) is 14.4. The SMILES string of the molecule is CC.CN=C(/N=C(Cl)\N=C\N1CCOCC1)OC(=O)CCNC(=O)C(O)C(C)CO. The fraction of sp³-hybridized carbons (Fsp3) is 0.722. The Morgan fingerprint density at radius 3 is 2.53 bits per heavy atom. The van der Waals surface area contributed by atoms with E-state index < -0.39 is 23.9 Å². The van der Waals surface area contributed by atoms with Crippen LogP contribution in [0.1, 0.15) is 27.2 Å². The topological polar surface area (TPSA) is 145 Å². The maximum atomic E-state index is 11.8. The van der Waals surface area contributed by atoms with Crippen molar-refractivity contribution in [1.29, 1.82) is 0 Å². The van der Waals surface area contributed by atoms with Crippen LogP contribution in [0.4, 0.5) is 0 Å². The van der Waals surface area contributed by atoms with Crippen LogP contribution in [-0.4, -0.2) is 97.3 Å². The normalized spacial score (nSPS) is 17.1. The largest absolute Gasteiger partial charge is 0.396 e. The average Bonchev–Trinajstić information content (AvgIpc) is 2.78. The van der Waals surface area contributed by atoms with Gasteiger partial charge in [-0.15, -0.1) is 0 Å². The van der Waals surface area contributed by atoms with Crippen molar-refractivity contribution in [3.8, 4) is 0 Å². The molecule has 0 aromatic carbocycles. The Balaban J connectivity index is 0.00000407. The second-order valence-corrected chi connectivity index (χ2v) is 6.24. The van der Waals surface area contributed by atoms with Crippen LogP contribution in [0.25, 0.3) is 0 Å². The highest BCUT2D eigenvalue weighted by molar-refractivity contribution is 6.66. The average molecular weight is 450 g/mol. The number of esters is 1. The fourth-order valence-electron chi connectivity index (χ4n) is 1.95. The maximum absolute atomic E-state index is 11.8. The van der Waals surface area contributed by atoms with Crippen LogP contribution in [0.3, 0.4) is 0 Å². The van der Waals surface area contributed by atoms with Crippen molar-refractivity contribution < 1.29 is 29.3 Å². The number of hydrogen-bond acceptors (Lipinski definition) is 7. The van der Waals surface area contributed by atoms with E-state index in [-0.39, 0.29) is 30.9 Å². The Morgan fingerprint density at radius 2 is 1.97 bits per heavy atom. The van der Waals surface area contributed by atoms with Gasteiger partial charge in [-0.05, 0) is 11.6 Å². The smallest absolute Gasteiger partial charge is 0.322 e. The Bertz CT molecular complexity index is 608. The molecule has 0 aromatic heterocycles. The number of aliphatic hydroxyl groups is 2. The van der Waals surface area contributed by atoms with Crippen LogP contribution >= 0.6 is 11.6 Å². The van der Waals surface area contributed by atoms with Gasteiger partial charge in [0, 0.05) is 39.2 Å². The molecule has 3 N–H and O–H groups in total. The number of ether oxygens (including phenoxy) is 2. The first-order valence-electron chi connectivity index (χ1n) is 9.71. The molecule has 0 spiro atoms. The van der Waals surface area contributed by atoms with Crippen LogP contribution in [0.2, 0.25) is 0 Å². The first kappa shape index (κ1) is 27.9. The molecule has 1 rings (SSSR count). The summed E-state index contributed by atoms with van der Waals surface area (Å²) in [5.41, 5.74) is 0. The Morgan fingerprint density at radius 1 is 1.33 bits per heavy atom. The number of nitrogens with one attached hydrogen (secondary N) is 1. The lowest BCUT2D eigenvalue weighted by Gasteiger charge is -2.23. The lowest BCUT2D eigenvalue weighted by atomic mass is 10.1. The molecule has 172 valence electrons. The van der Waals surface area contributed by atoms with Gasteiger partial charge in [0.05, 0.1) is 26.0 Å². The number of aliphatic hydroxyl groups excluding tert-OH is 2. The summed E-state index contributed by atoms with van der Waals surface area (Å²) in [4.78, 5) is 36.8. The lowest BCUT2D eigenvalue weighted by Crippen LogP contribution is -2.40. The van der Waals surface area contributed by atoms with Gasteiger partial charge in [0.1, 0.15) is 6.10 Å². The van der Waals surface area contributed by atoms with E-state index in [0.717, 1.165) is 0 Å². The fourth-order valence-corrected chi connectivity index (χ4v) is 2.07. The van der Waals surface area contributed by atoms with E-state index in [1.807, 2.05) is 18.7 Å². The molecular weight excluding hydrogens is 418 g/mol. The van der Waals surface area contributed by atoms with Crippen LogP contribution in [0.5, 0.6) is 0 Å². The molecule has 2 unspecified atom stereocenters. The summed E-state index contributed by atoms with van der Waals surface area (Å²) in [6, 6.07) is -0.269. The number of nitrogens with zero attached hydrogens (tertiary/aromatic N) is 4. The van der Waals surface area contributed by atoms with Gasteiger partial charge in [0.25, 0.3) is 0 Å². The third kappa shape index (κ3) is 11.8. The number of morpholine rings is 1. The highest BCUT2D eigenvalue weighted by Crippen LogP contribution is 2.02. The predicted molar refractivity (Wildman–Crippen MR) is 115 cm³/mol. The van der Waals surface area contributed by atoms with Gasteiger partial charge < -0.3 is 29.9 Å². The van der Waals surface area contributed by atoms with Gasteiger partial charge in [-0.2, -0.15) is 4.99 Å². The summed E-state index contributed by atoms with van der Waals surface area (Å²) < 4.78 is 10.2. The highest BCUT2D eigenvalue weighted by atomic mass is 35.5. The lowest BCUT2D eigenvalue weighted by molar-refractivity contribution is -0.136. The minimum atomic E-state index is -1.36. The van der Waals surface area contributed by atoms with Crippen LogP contribution in [0, 0.1) is 5.92 Å². The summed E-state index contributed by atoms with van der Waals surface area (Å²) in [6.07, 6.45) is -0.00569. The molecule has 30 heavy (non-hydrogen) atoms. The van der Waals surface area contributed by atoms with Crippen molar-refractivity contribution in [2.45, 2.75) is 33.3 Å². The Kier molecular flexibility index (Phi) is 15.5. The van der Waals surface area contributed by atoms with E-state index >= 15 is 0 Å². The zero-order valence-electron chi connectivity index (χ0n) is 17.9. The molecule has 1 amide bonds. The predicted octanol–water partition coefficient (Wildman–Crippen LogP) is -0.00750. The number of carbonyl (C=O) groups excluding carboxylic acids is 2. The number of amides is 1. The molecule has 0 radical (unpaired) electrons. The van der Waals surface area contributed by atoms with Gasteiger partial charge in [0.15, 0.2) is 0 Å². The van der Waals surface area contributed by atoms with E-state index in [9.17, 15) is 14.7 Å². The van der Waals surface area contributed by atoms with Gasteiger partial charge in [0.2, 0.25) is 11.2 Å². The minimum absolute atomic E-state index is 0.0590. The molecule has 0 saturated carbocycles. The van der Waals surface area contributed by atoms with Gasteiger partial charge in [-0.3, -0.25) is 9.59 Å². The molecule has 0 aliphatic carbocycles. The van der Waals surface area contributed by atoms with Crippen molar-refractivity contribution in [1.82, 2.24) is 10.2 Å². The maximum Gasteiger partial charge on any atom is 0.322 e. The standard InChI is InChI=1S/C16H26ClN5O6.C2H6/c1-11(9-23)13(25)14(26)19-4-3-12(24)28-16(18-2)21-15(17)20-10-22-5-7-27-8-6-22;1-2/h10-11,13,23,25H,3-9H2,1-2H3,(H,19,26);1-2H3/b18-16?,20-10+,21-15-;. The number of carbonyl (C=O) groups is 2. The van der Waals surface area contributed by atoms with Crippen molar-refractivity contribution in [2.24, 2.45) is 20.9 Å². The Hall–Kier alpha value is -2.08. The van der Waals surface area contributed by atoms with E-state index in [4.69, 9.17) is 26.2 Å². The van der Waals surface area contributed by atoms with E-state index in [1.165, 1.54) is 20.3 Å². The third-order valence-electron chi connectivity index (χ3n) is 3.68. The van der Waals surface area contributed by atoms with Gasteiger partial charge in [-0.1, -0.05) is 20.8 Å². The number of halogens is 1. The third-order valence-corrected chi connectivity index (χ3v) is 3.86. The summed E-state index contributed by atoms with van der Waals surface area (Å²) in [7, 11) is 1.37. The Labute approximate surface area is 181 Å². The van der Waals surface area contributed by atoms with Crippen LogP contribution < -0.4 is 5.32 Å². The molecule has 1 heterocycles. The minimum Gasteiger partial charge on any atom is -0.396 e. The van der Waals surface area contributed by atoms with Crippen LogP contribution in [-0.2, 0) is 19.1 Å². The summed E-state index contributed by atoms with van der Waals surface area (Å²) in [5.74, 6) is -1.99. The molecule has 2 atom stereocenters.